The summed E-state index contributed by atoms with van der Waals surface area (Å²) in [6.07, 6.45) is 1.01. The predicted molar refractivity (Wildman–Crippen MR) is 99.4 cm³/mol. The number of carboxylic acid groups (broad SMARTS) is 1. The van der Waals surface area contributed by atoms with Crippen LogP contribution in [0.3, 0.4) is 0 Å². The van der Waals surface area contributed by atoms with Crippen molar-refractivity contribution in [2.75, 3.05) is 11.4 Å². The van der Waals surface area contributed by atoms with E-state index in [4.69, 9.17) is 5.11 Å². The highest BCUT2D eigenvalue weighted by Gasteiger charge is 2.35. The number of para-hydroxylation sites is 1. The topological polar surface area (TPSA) is 86.7 Å². The molecule has 26 heavy (non-hydrogen) atoms. The average molecular weight is 372 g/mol. The van der Waals surface area contributed by atoms with Crippen LogP contribution in [0.2, 0.25) is 0 Å². The molecule has 0 aliphatic carbocycles. The van der Waals surface area contributed by atoms with E-state index in [1.807, 2.05) is 31.2 Å². The number of aryl methyl sites for hydroxylation is 1. The quantitative estimate of drug-likeness (QED) is 0.816. The molecule has 2 amide bonds. The van der Waals surface area contributed by atoms with Crippen molar-refractivity contribution in [1.82, 2.24) is 5.32 Å². The van der Waals surface area contributed by atoms with Crippen molar-refractivity contribution in [3.63, 3.8) is 0 Å². The summed E-state index contributed by atoms with van der Waals surface area (Å²) in [6, 6.07) is 11.0. The van der Waals surface area contributed by atoms with E-state index in [9.17, 15) is 14.4 Å². The molecule has 0 spiro atoms. The Morgan fingerprint density at radius 1 is 1.27 bits per heavy atom. The van der Waals surface area contributed by atoms with Gasteiger partial charge in [0.1, 0.15) is 4.88 Å². The third-order valence-electron chi connectivity index (χ3n) is 4.47. The lowest BCUT2D eigenvalue weighted by Crippen LogP contribution is -2.32. The first-order valence-electron chi connectivity index (χ1n) is 8.47. The Labute approximate surface area is 155 Å². The maximum atomic E-state index is 12.4. The minimum atomic E-state index is -0.973. The van der Waals surface area contributed by atoms with Gasteiger partial charge >= 0.3 is 5.97 Å². The number of hydrogen-bond donors (Lipinski definition) is 2. The van der Waals surface area contributed by atoms with Gasteiger partial charge in [0.25, 0.3) is 0 Å². The molecular formula is C19H20N2O4S. The van der Waals surface area contributed by atoms with Gasteiger partial charge in [0.15, 0.2) is 0 Å². The Bertz CT molecular complexity index is 846. The molecule has 1 saturated heterocycles. The van der Waals surface area contributed by atoms with Crippen LogP contribution in [0.25, 0.3) is 0 Å². The molecule has 136 valence electrons. The fraction of sp³-hybridized carbons (Fsp3) is 0.316. The van der Waals surface area contributed by atoms with Crippen molar-refractivity contribution in [3.8, 4) is 0 Å². The molecule has 3 rings (SSSR count). The molecule has 1 aliphatic heterocycles. The first kappa shape index (κ1) is 18.1. The van der Waals surface area contributed by atoms with Crippen molar-refractivity contribution in [2.24, 2.45) is 5.92 Å². The molecule has 6 nitrogen and oxygen atoms in total. The Kier molecular flexibility index (Phi) is 5.37. The van der Waals surface area contributed by atoms with Crippen molar-refractivity contribution >= 4 is 34.8 Å². The summed E-state index contributed by atoms with van der Waals surface area (Å²) >= 11 is 1.14. The van der Waals surface area contributed by atoms with E-state index in [2.05, 4.69) is 5.32 Å². The second kappa shape index (κ2) is 7.70. The van der Waals surface area contributed by atoms with E-state index in [0.29, 0.717) is 6.54 Å². The van der Waals surface area contributed by atoms with Crippen LogP contribution in [0, 0.1) is 5.92 Å². The van der Waals surface area contributed by atoms with Crippen molar-refractivity contribution < 1.29 is 19.5 Å². The minimum Gasteiger partial charge on any atom is -0.477 e. The smallest absolute Gasteiger partial charge is 0.345 e. The number of nitrogens with zero attached hydrogens (tertiary/aromatic N) is 1. The first-order chi connectivity index (χ1) is 12.5. The van der Waals surface area contributed by atoms with Gasteiger partial charge in [0.05, 0.1) is 12.5 Å². The summed E-state index contributed by atoms with van der Waals surface area (Å²) in [5.41, 5.74) is 1.96. The second-order valence-electron chi connectivity index (χ2n) is 6.18. The third kappa shape index (κ3) is 3.77. The number of rotatable bonds is 6. The Morgan fingerprint density at radius 2 is 2.04 bits per heavy atom. The lowest BCUT2D eigenvalue weighted by molar-refractivity contribution is -0.126. The van der Waals surface area contributed by atoms with Crippen LogP contribution in [-0.4, -0.2) is 29.4 Å². The number of carboxylic acids is 1. The van der Waals surface area contributed by atoms with Crippen LogP contribution in [0.5, 0.6) is 0 Å². The van der Waals surface area contributed by atoms with Gasteiger partial charge in [-0.3, -0.25) is 9.59 Å². The van der Waals surface area contributed by atoms with Crippen LogP contribution in [0.15, 0.2) is 36.4 Å². The standard InChI is InChI=1S/C19H20N2O4S/c1-2-12-5-3-4-6-15(12)21-11-13(9-17(21)22)18(23)20-10-14-7-8-16(26-14)19(24)25/h3-8,13H,2,9-11H2,1H3,(H,20,23)(H,24,25). The number of nitrogens with one attached hydrogen (secondary N) is 1. The number of anilines is 1. The molecule has 1 atom stereocenters. The highest BCUT2D eigenvalue weighted by molar-refractivity contribution is 7.13. The Hall–Kier alpha value is -2.67. The summed E-state index contributed by atoms with van der Waals surface area (Å²) in [5, 5.41) is 11.8. The fourth-order valence-corrected chi connectivity index (χ4v) is 3.88. The van der Waals surface area contributed by atoms with Gasteiger partial charge in [-0.15, -0.1) is 11.3 Å². The maximum Gasteiger partial charge on any atom is 0.345 e. The molecule has 1 aliphatic rings. The molecular weight excluding hydrogens is 352 g/mol. The number of benzene rings is 1. The largest absolute Gasteiger partial charge is 0.477 e. The molecule has 1 fully saturated rings. The van der Waals surface area contributed by atoms with Gasteiger partial charge in [-0.2, -0.15) is 0 Å². The monoisotopic (exact) mass is 372 g/mol. The summed E-state index contributed by atoms with van der Waals surface area (Å²) < 4.78 is 0. The van der Waals surface area contributed by atoms with Crippen LogP contribution >= 0.6 is 11.3 Å². The molecule has 2 heterocycles. The number of hydrogen-bond acceptors (Lipinski definition) is 4. The third-order valence-corrected chi connectivity index (χ3v) is 5.54. The van der Waals surface area contributed by atoms with Gasteiger partial charge in [-0.05, 0) is 30.2 Å². The first-order valence-corrected chi connectivity index (χ1v) is 9.29. The number of carbonyl (C=O) groups is 3. The van der Waals surface area contributed by atoms with Gasteiger partial charge in [-0.1, -0.05) is 25.1 Å². The molecule has 0 saturated carbocycles. The predicted octanol–water partition coefficient (Wildman–Crippen LogP) is 2.68. The van der Waals surface area contributed by atoms with Crippen LogP contribution in [-0.2, 0) is 22.6 Å². The van der Waals surface area contributed by atoms with Gasteiger partial charge in [0.2, 0.25) is 11.8 Å². The summed E-state index contributed by atoms with van der Waals surface area (Å²) in [7, 11) is 0. The molecule has 7 heteroatoms. The molecule has 1 unspecified atom stereocenters. The number of aromatic carboxylic acids is 1. The van der Waals surface area contributed by atoms with Crippen LogP contribution < -0.4 is 10.2 Å². The zero-order chi connectivity index (χ0) is 18.7. The highest BCUT2D eigenvalue weighted by Crippen LogP contribution is 2.28. The van der Waals surface area contributed by atoms with E-state index in [1.165, 1.54) is 6.07 Å². The molecule has 2 N–H and O–H groups in total. The lowest BCUT2D eigenvalue weighted by atomic mass is 10.1. The number of carbonyl (C=O) groups excluding carboxylic acids is 2. The molecule has 1 aromatic heterocycles. The van der Waals surface area contributed by atoms with Gasteiger partial charge in [-0.25, -0.2) is 4.79 Å². The maximum absolute atomic E-state index is 12.4. The van der Waals surface area contributed by atoms with Crippen molar-refractivity contribution in [2.45, 2.75) is 26.3 Å². The van der Waals surface area contributed by atoms with E-state index >= 15 is 0 Å². The zero-order valence-electron chi connectivity index (χ0n) is 14.4. The molecule has 0 bridgehead atoms. The van der Waals surface area contributed by atoms with E-state index < -0.39 is 11.9 Å². The number of thiophene rings is 1. The summed E-state index contributed by atoms with van der Waals surface area (Å²) in [5.74, 6) is -1.60. The van der Waals surface area contributed by atoms with E-state index in [1.54, 1.807) is 11.0 Å². The van der Waals surface area contributed by atoms with Crippen LogP contribution in [0.4, 0.5) is 5.69 Å². The zero-order valence-corrected chi connectivity index (χ0v) is 15.2. The van der Waals surface area contributed by atoms with E-state index in [-0.39, 0.29) is 29.7 Å². The van der Waals surface area contributed by atoms with Crippen LogP contribution in [0.1, 0.15) is 33.5 Å². The molecule has 2 aromatic rings. The van der Waals surface area contributed by atoms with Crippen molar-refractivity contribution in [3.05, 3.63) is 51.7 Å². The Morgan fingerprint density at radius 3 is 2.73 bits per heavy atom. The van der Waals surface area contributed by atoms with Gasteiger partial charge in [0, 0.05) is 23.5 Å². The highest BCUT2D eigenvalue weighted by atomic mass is 32.1. The average Bonchev–Trinajstić information content (AvgIpc) is 3.26. The fourth-order valence-electron chi connectivity index (χ4n) is 3.10. The number of amides is 2. The molecule has 0 radical (unpaired) electrons. The lowest BCUT2D eigenvalue weighted by Gasteiger charge is -2.19. The normalized spacial score (nSPS) is 16.7. The summed E-state index contributed by atoms with van der Waals surface area (Å²) in [4.78, 5) is 38.4. The molecule has 1 aromatic carbocycles. The van der Waals surface area contributed by atoms with Gasteiger partial charge < -0.3 is 15.3 Å². The Balaban J connectivity index is 1.62. The van der Waals surface area contributed by atoms with E-state index in [0.717, 1.165) is 33.9 Å². The van der Waals surface area contributed by atoms with Crippen molar-refractivity contribution in [1.29, 1.82) is 0 Å². The SMILES string of the molecule is CCc1ccccc1N1CC(C(=O)NCc2ccc(C(=O)O)s2)CC1=O. The second-order valence-corrected chi connectivity index (χ2v) is 7.34. The summed E-state index contributed by atoms with van der Waals surface area (Å²) in [6.45, 7) is 2.68. The minimum absolute atomic E-state index is 0.0460.